The molecule has 0 spiro atoms. The number of fused-ring (bicyclic) bond motifs is 1. The molecule has 6 nitrogen and oxygen atoms in total. The number of amides is 2. The average molecular weight is 296 g/mol. The van der Waals surface area contributed by atoms with Crippen LogP contribution in [0.15, 0.2) is 48.8 Å². The van der Waals surface area contributed by atoms with E-state index in [1.807, 2.05) is 30.5 Å². The van der Waals surface area contributed by atoms with E-state index >= 15 is 0 Å². The van der Waals surface area contributed by atoms with Crippen LogP contribution in [-0.2, 0) is 11.2 Å². The Morgan fingerprint density at radius 3 is 2.68 bits per heavy atom. The minimum absolute atomic E-state index is 0.231. The maximum atomic E-state index is 11.8. The fourth-order valence-electron chi connectivity index (χ4n) is 2.31. The van der Waals surface area contributed by atoms with Gasteiger partial charge in [-0.05, 0) is 30.2 Å². The first-order valence-corrected chi connectivity index (χ1v) is 7.01. The van der Waals surface area contributed by atoms with Crippen molar-refractivity contribution in [3.05, 3.63) is 60.0 Å². The lowest BCUT2D eigenvalue weighted by atomic mass is 10.1. The van der Waals surface area contributed by atoms with Gasteiger partial charge in [0.1, 0.15) is 5.69 Å². The fourth-order valence-corrected chi connectivity index (χ4v) is 2.31. The molecule has 0 saturated heterocycles. The van der Waals surface area contributed by atoms with E-state index in [0.717, 1.165) is 16.5 Å². The van der Waals surface area contributed by atoms with E-state index in [2.05, 4.69) is 20.8 Å². The van der Waals surface area contributed by atoms with Gasteiger partial charge in [-0.25, -0.2) is 0 Å². The van der Waals surface area contributed by atoms with E-state index in [0.29, 0.717) is 18.5 Å². The molecule has 0 bridgehead atoms. The smallest absolute Gasteiger partial charge is 0.286 e. The Labute approximate surface area is 126 Å². The number of aryl methyl sites for hydroxylation is 1. The summed E-state index contributed by atoms with van der Waals surface area (Å²) < 4.78 is 0. The lowest BCUT2D eigenvalue weighted by molar-refractivity contribution is -0.121. The molecule has 2 aromatic heterocycles. The van der Waals surface area contributed by atoms with Crippen molar-refractivity contribution >= 4 is 22.7 Å². The third kappa shape index (κ3) is 3.01. The molecule has 0 aliphatic rings. The Hall–Kier alpha value is -3.02. The van der Waals surface area contributed by atoms with Gasteiger partial charge in [0.05, 0.1) is 0 Å². The summed E-state index contributed by atoms with van der Waals surface area (Å²) in [4.78, 5) is 29.4. The van der Waals surface area contributed by atoms with Gasteiger partial charge in [0, 0.05) is 29.7 Å². The Morgan fingerprint density at radius 2 is 1.86 bits per heavy atom. The minimum Gasteiger partial charge on any atom is -0.361 e. The Bertz CT molecular complexity index is 789. The highest BCUT2D eigenvalue weighted by Crippen LogP contribution is 2.18. The highest BCUT2D eigenvalue weighted by Gasteiger charge is 2.09. The van der Waals surface area contributed by atoms with Crippen LogP contribution in [0.2, 0.25) is 0 Å². The molecule has 3 aromatic rings. The van der Waals surface area contributed by atoms with Gasteiger partial charge in [-0.15, -0.1) is 0 Å². The lowest BCUT2D eigenvalue weighted by Gasteiger charge is -2.06. The first-order chi connectivity index (χ1) is 10.7. The van der Waals surface area contributed by atoms with E-state index in [-0.39, 0.29) is 11.8 Å². The van der Waals surface area contributed by atoms with E-state index in [1.165, 1.54) is 0 Å². The summed E-state index contributed by atoms with van der Waals surface area (Å²) in [5.74, 6) is -0.601. The van der Waals surface area contributed by atoms with Crippen molar-refractivity contribution in [1.82, 2.24) is 20.8 Å². The van der Waals surface area contributed by atoms with Crippen LogP contribution in [0.1, 0.15) is 22.5 Å². The van der Waals surface area contributed by atoms with Gasteiger partial charge in [-0.1, -0.05) is 18.2 Å². The molecule has 3 rings (SSSR count). The molecule has 2 heterocycles. The van der Waals surface area contributed by atoms with Crippen LogP contribution in [0, 0.1) is 0 Å². The average Bonchev–Trinajstić information content (AvgIpc) is 3.20. The van der Waals surface area contributed by atoms with Crippen molar-refractivity contribution in [2.75, 3.05) is 0 Å². The molecule has 0 fully saturated rings. The highest BCUT2D eigenvalue weighted by molar-refractivity contribution is 5.93. The van der Waals surface area contributed by atoms with Gasteiger partial charge in [0.25, 0.3) is 5.91 Å². The van der Waals surface area contributed by atoms with Gasteiger partial charge >= 0.3 is 0 Å². The van der Waals surface area contributed by atoms with Crippen molar-refractivity contribution in [2.45, 2.75) is 12.8 Å². The molecular formula is C16H16N4O2. The van der Waals surface area contributed by atoms with Crippen LogP contribution >= 0.6 is 0 Å². The van der Waals surface area contributed by atoms with Gasteiger partial charge < -0.3 is 9.97 Å². The number of aromatic nitrogens is 2. The molecule has 6 heteroatoms. The summed E-state index contributed by atoms with van der Waals surface area (Å²) in [7, 11) is 0. The van der Waals surface area contributed by atoms with Gasteiger partial charge in [-0.2, -0.15) is 0 Å². The normalized spacial score (nSPS) is 10.5. The van der Waals surface area contributed by atoms with Crippen LogP contribution in [0.25, 0.3) is 10.9 Å². The quantitative estimate of drug-likeness (QED) is 0.554. The predicted molar refractivity (Wildman–Crippen MR) is 83.0 cm³/mol. The molecule has 0 unspecified atom stereocenters. The van der Waals surface area contributed by atoms with E-state index in [4.69, 9.17) is 0 Å². The highest BCUT2D eigenvalue weighted by atomic mass is 16.2. The molecule has 4 N–H and O–H groups in total. The molecular weight excluding hydrogens is 280 g/mol. The van der Waals surface area contributed by atoms with Crippen LogP contribution < -0.4 is 10.9 Å². The zero-order valence-corrected chi connectivity index (χ0v) is 11.8. The molecule has 2 amide bonds. The van der Waals surface area contributed by atoms with Crippen molar-refractivity contribution in [3.8, 4) is 0 Å². The van der Waals surface area contributed by atoms with Crippen LogP contribution in [-0.4, -0.2) is 21.8 Å². The first-order valence-electron chi connectivity index (χ1n) is 7.01. The molecule has 22 heavy (non-hydrogen) atoms. The summed E-state index contributed by atoms with van der Waals surface area (Å²) in [6, 6.07) is 11.3. The maximum Gasteiger partial charge on any atom is 0.286 e. The molecule has 0 aliphatic carbocycles. The third-order valence-corrected chi connectivity index (χ3v) is 3.45. The van der Waals surface area contributed by atoms with Gasteiger partial charge in [0.2, 0.25) is 5.91 Å². The number of rotatable bonds is 4. The van der Waals surface area contributed by atoms with Crippen molar-refractivity contribution in [2.24, 2.45) is 0 Å². The molecule has 1 aromatic carbocycles. The molecule has 0 atom stereocenters. The SMILES string of the molecule is O=C(CCc1c[nH]c2ccccc12)NNC(=O)c1ccc[nH]1. The minimum atomic E-state index is -0.370. The Morgan fingerprint density at radius 1 is 1.00 bits per heavy atom. The Balaban J connectivity index is 1.51. The number of carbonyl (C=O) groups is 2. The maximum absolute atomic E-state index is 11.8. The largest absolute Gasteiger partial charge is 0.361 e. The number of H-pyrrole nitrogens is 2. The predicted octanol–water partition coefficient (Wildman–Crippen LogP) is 1.89. The van der Waals surface area contributed by atoms with E-state index in [1.54, 1.807) is 18.3 Å². The second-order valence-electron chi connectivity index (χ2n) is 4.95. The zero-order chi connectivity index (χ0) is 15.4. The summed E-state index contributed by atoms with van der Waals surface area (Å²) in [6.45, 7) is 0. The molecule has 112 valence electrons. The molecule has 0 radical (unpaired) electrons. The second kappa shape index (κ2) is 6.17. The number of hydrazine groups is 1. The third-order valence-electron chi connectivity index (χ3n) is 3.45. The van der Waals surface area contributed by atoms with Crippen molar-refractivity contribution in [3.63, 3.8) is 0 Å². The van der Waals surface area contributed by atoms with Gasteiger partial charge in [-0.3, -0.25) is 20.4 Å². The number of aromatic amines is 2. The number of para-hydroxylation sites is 1. The van der Waals surface area contributed by atoms with E-state index in [9.17, 15) is 9.59 Å². The first kappa shape index (κ1) is 13.9. The van der Waals surface area contributed by atoms with Crippen molar-refractivity contribution in [1.29, 1.82) is 0 Å². The van der Waals surface area contributed by atoms with Crippen molar-refractivity contribution < 1.29 is 9.59 Å². The molecule has 0 saturated carbocycles. The standard InChI is InChI=1S/C16H16N4O2/c21-15(19-20-16(22)14-6-3-9-17-14)8-7-11-10-18-13-5-2-1-4-12(11)13/h1-6,9-10,17-18H,7-8H2,(H,19,21)(H,20,22). The topological polar surface area (TPSA) is 89.8 Å². The Kier molecular flexibility index (Phi) is 3.91. The number of hydrogen-bond donors (Lipinski definition) is 4. The fraction of sp³-hybridized carbons (Fsp3) is 0.125. The summed E-state index contributed by atoms with van der Waals surface area (Å²) >= 11 is 0. The number of carbonyl (C=O) groups excluding carboxylic acids is 2. The summed E-state index contributed by atoms with van der Waals surface area (Å²) in [5.41, 5.74) is 7.33. The van der Waals surface area contributed by atoms with Crippen LogP contribution in [0.4, 0.5) is 0 Å². The lowest BCUT2D eigenvalue weighted by Crippen LogP contribution is -2.41. The molecule has 0 aliphatic heterocycles. The van der Waals surface area contributed by atoms with Crippen LogP contribution in [0.5, 0.6) is 0 Å². The monoisotopic (exact) mass is 296 g/mol. The number of nitrogens with one attached hydrogen (secondary N) is 4. The number of hydrogen-bond acceptors (Lipinski definition) is 2. The van der Waals surface area contributed by atoms with E-state index < -0.39 is 0 Å². The van der Waals surface area contributed by atoms with Crippen LogP contribution in [0.3, 0.4) is 0 Å². The summed E-state index contributed by atoms with van der Waals surface area (Å²) in [6.07, 6.45) is 4.46. The van der Waals surface area contributed by atoms with Gasteiger partial charge in [0.15, 0.2) is 0 Å². The number of benzene rings is 1. The summed E-state index contributed by atoms with van der Waals surface area (Å²) in [5, 5.41) is 1.12. The second-order valence-corrected chi connectivity index (χ2v) is 4.95. The zero-order valence-electron chi connectivity index (χ0n) is 11.8.